The van der Waals surface area contributed by atoms with Crippen molar-refractivity contribution in [3.8, 4) is 0 Å². The molecular formula is C14H19FN4. The van der Waals surface area contributed by atoms with Gasteiger partial charge in [0.25, 0.3) is 0 Å². The predicted molar refractivity (Wildman–Crippen MR) is 75.5 cm³/mol. The van der Waals surface area contributed by atoms with Gasteiger partial charge in [0.05, 0.1) is 5.69 Å². The van der Waals surface area contributed by atoms with Crippen LogP contribution < -0.4 is 10.6 Å². The number of benzene rings is 1. The van der Waals surface area contributed by atoms with Crippen molar-refractivity contribution < 1.29 is 4.39 Å². The van der Waals surface area contributed by atoms with Crippen LogP contribution in [0, 0.1) is 12.7 Å². The van der Waals surface area contributed by atoms with Crippen LogP contribution >= 0.6 is 0 Å². The third-order valence-electron chi connectivity index (χ3n) is 3.30. The molecule has 1 heterocycles. The summed E-state index contributed by atoms with van der Waals surface area (Å²) in [5, 5.41) is 4.30. The average Bonchev–Trinajstić information content (AvgIpc) is 2.61. The zero-order valence-electron chi connectivity index (χ0n) is 11.5. The van der Waals surface area contributed by atoms with Gasteiger partial charge in [-0.1, -0.05) is 6.07 Å². The molecule has 0 aliphatic carbocycles. The third kappa shape index (κ3) is 2.70. The second-order valence-electron chi connectivity index (χ2n) is 4.57. The van der Waals surface area contributed by atoms with Crippen molar-refractivity contribution in [2.75, 3.05) is 17.2 Å². The van der Waals surface area contributed by atoms with Gasteiger partial charge >= 0.3 is 0 Å². The summed E-state index contributed by atoms with van der Waals surface area (Å²) in [6.45, 7) is 5.38. The number of nitrogens with two attached hydrogens (primary N) is 1. The zero-order valence-corrected chi connectivity index (χ0v) is 11.5. The second kappa shape index (κ2) is 5.30. The lowest BCUT2D eigenvalue weighted by molar-refractivity contribution is 0.626. The molecule has 0 saturated heterocycles. The van der Waals surface area contributed by atoms with E-state index in [1.165, 1.54) is 12.1 Å². The molecule has 1 aromatic heterocycles. The van der Waals surface area contributed by atoms with Gasteiger partial charge in [-0.05, 0) is 32.0 Å². The van der Waals surface area contributed by atoms with Crippen molar-refractivity contribution >= 4 is 11.5 Å². The van der Waals surface area contributed by atoms with Crippen molar-refractivity contribution in [2.45, 2.75) is 20.4 Å². The van der Waals surface area contributed by atoms with Crippen LogP contribution in [0.1, 0.15) is 18.2 Å². The number of hydrogen-bond acceptors (Lipinski definition) is 3. The van der Waals surface area contributed by atoms with Crippen LogP contribution in [-0.4, -0.2) is 16.3 Å². The fraction of sp³-hybridized carbons (Fsp3) is 0.357. The Morgan fingerprint density at radius 1 is 1.42 bits per heavy atom. The van der Waals surface area contributed by atoms with E-state index < -0.39 is 0 Å². The molecule has 0 fully saturated rings. The topological polar surface area (TPSA) is 47.1 Å². The molecule has 0 aliphatic heterocycles. The summed E-state index contributed by atoms with van der Waals surface area (Å²) in [6, 6.07) is 6.59. The number of aryl methyl sites for hydroxylation is 2. The molecule has 0 atom stereocenters. The minimum atomic E-state index is -0.230. The first-order valence-electron chi connectivity index (χ1n) is 6.31. The number of nitrogen functional groups attached to an aromatic ring is 1. The van der Waals surface area contributed by atoms with E-state index in [9.17, 15) is 4.39 Å². The van der Waals surface area contributed by atoms with Gasteiger partial charge in [0, 0.05) is 31.4 Å². The Kier molecular flexibility index (Phi) is 3.74. The molecule has 2 aromatic rings. The SMILES string of the molecule is CCN(Cc1c(C)nn(C)c1N)c1cccc(F)c1. The van der Waals surface area contributed by atoms with Gasteiger partial charge < -0.3 is 10.6 Å². The van der Waals surface area contributed by atoms with Crippen molar-refractivity contribution in [1.29, 1.82) is 0 Å². The van der Waals surface area contributed by atoms with Crippen LogP contribution in [0.5, 0.6) is 0 Å². The molecule has 5 heteroatoms. The second-order valence-corrected chi connectivity index (χ2v) is 4.57. The van der Waals surface area contributed by atoms with Crippen LogP contribution in [0.15, 0.2) is 24.3 Å². The highest BCUT2D eigenvalue weighted by Crippen LogP contribution is 2.22. The highest BCUT2D eigenvalue weighted by molar-refractivity contribution is 5.51. The van der Waals surface area contributed by atoms with E-state index in [1.54, 1.807) is 10.7 Å². The molecule has 19 heavy (non-hydrogen) atoms. The molecule has 0 amide bonds. The van der Waals surface area contributed by atoms with E-state index in [-0.39, 0.29) is 5.82 Å². The summed E-state index contributed by atoms with van der Waals surface area (Å²) in [5.74, 6) is 0.430. The smallest absolute Gasteiger partial charge is 0.126 e. The Bertz CT molecular complexity index is 577. The molecule has 2 N–H and O–H groups in total. The molecular weight excluding hydrogens is 243 g/mol. The summed E-state index contributed by atoms with van der Waals surface area (Å²) >= 11 is 0. The van der Waals surface area contributed by atoms with Crippen LogP contribution in [0.4, 0.5) is 15.9 Å². The van der Waals surface area contributed by atoms with Crippen LogP contribution in [0.3, 0.4) is 0 Å². The quantitative estimate of drug-likeness (QED) is 0.920. The number of nitrogens with zero attached hydrogens (tertiary/aromatic N) is 3. The molecule has 0 bridgehead atoms. The maximum absolute atomic E-state index is 13.3. The van der Waals surface area contributed by atoms with E-state index in [4.69, 9.17) is 5.73 Å². The molecule has 4 nitrogen and oxygen atoms in total. The highest BCUT2D eigenvalue weighted by atomic mass is 19.1. The number of aromatic nitrogens is 2. The van der Waals surface area contributed by atoms with E-state index in [0.717, 1.165) is 23.5 Å². The van der Waals surface area contributed by atoms with E-state index in [0.29, 0.717) is 12.4 Å². The fourth-order valence-corrected chi connectivity index (χ4v) is 2.16. The molecule has 0 unspecified atom stereocenters. The Labute approximate surface area is 112 Å². The van der Waals surface area contributed by atoms with Gasteiger partial charge in [0.2, 0.25) is 0 Å². The first-order valence-corrected chi connectivity index (χ1v) is 6.31. The van der Waals surface area contributed by atoms with Gasteiger partial charge in [0.1, 0.15) is 11.6 Å². The lowest BCUT2D eigenvalue weighted by Crippen LogP contribution is -2.23. The first kappa shape index (κ1) is 13.4. The number of hydrogen-bond donors (Lipinski definition) is 1. The molecule has 0 radical (unpaired) electrons. The minimum absolute atomic E-state index is 0.230. The van der Waals surface area contributed by atoms with Crippen LogP contribution in [-0.2, 0) is 13.6 Å². The maximum Gasteiger partial charge on any atom is 0.126 e. The molecule has 1 aromatic carbocycles. The summed E-state index contributed by atoms with van der Waals surface area (Å²) in [7, 11) is 1.82. The van der Waals surface area contributed by atoms with Crippen LogP contribution in [0.2, 0.25) is 0 Å². The predicted octanol–water partition coefficient (Wildman–Crippen LogP) is 2.48. The van der Waals surface area contributed by atoms with Crippen molar-refractivity contribution in [1.82, 2.24) is 9.78 Å². The van der Waals surface area contributed by atoms with E-state index >= 15 is 0 Å². The summed E-state index contributed by atoms with van der Waals surface area (Å²) in [4.78, 5) is 2.07. The largest absolute Gasteiger partial charge is 0.384 e. The first-order chi connectivity index (χ1) is 9.02. The standard InChI is InChI=1S/C14H19FN4/c1-4-19(12-7-5-6-11(15)8-12)9-13-10(2)17-18(3)14(13)16/h5-8H,4,9,16H2,1-3H3. The molecule has 102 valence electrons. The summed E-state index contributed by atoms with van der Waals surface area (Å²) in [6.07, 6.45) is 0. The van der Waals surface area contributed by atoms with E-state index in [1.807, 2.05) is 27.0 Å². The normalized spacial score (nSPS) is 10.7. The van der Waals surface area contributed by atoms with E-state index in [2.05, 4.69) is 10.00 Å². The molecule has 0 aliphatic rings. The van der Waals surface area contributed by atoms with Crippen molar-refractivity contribution in [2.24, 2.45) is 7.05 Å². The third-order valence-corrected chi connectivity index (χ3v) is 3.30. The Morgan fingerprint density at radius 3 is 2.68 bits per heavy atom. The van der Waals surface area contributed by atoms with Crippen LogP contribution in [0.25, 0.3) is 0 Å². The van der Waals surface area contributed by atoms with Gasteiger partial charge in [-0.15, -0.1) is 0 Å². The zero-order chi connectivity index (χ0) is 14.0. The van der Waals surface area contributed by atoms with Gasteiger partial charge in [-0.25, -0.2) is 4.39 Å². The fourth-order valence-electron chi connectivity index (χ4n) is 2.16. The average molecular weight is 262 g/mol. The summed E-state index contributed by atoms with van der Waals surface area (Å²) < 4.78 is 15.0. The highest BCUT2D eigenvalue weighted by Gasteiger charge is 2.14. The Hall–Kier alpha value is -2.04. The Morgan fingerprint density at radius 2 is 2.16 bits per heavy atom. The lowest BCUT2D eigenvalue weighted by Gasteiger charge is -2.23. The lowest BCUT2D eigenvalue weighted by atomic mass is 10.2. The number of anilines is 2. The number of rotatable bonds is 4. The van der Waals surface area contributed by atoms with Crippen molar-refractivity contribution in [3.05, 3.63) is 41.3 Å². The van der Waals surface area contributed by atoms with Gasteiger partial charge in [-0.3, -0.25) is 4.68 Å². The molecule has 2 rings (SSSR count). The molecule has 0 saturated carbocycles. The monoisotopic (exact) mass is 262 g/mol. The van der Waals surface area contributed by atoms with Gasteiger partial charge in [0.15, 0.2) is 0 Å². The summed E-state index contributed by atoms with van der Waals surface area (Å²) in [5.41, 5.74) is 8.77. The molecule has 0 spiro atoms. The van der Waals surface area contributed by atoms with Gasteiger partial charge in [-0.2, -0.15) is 5.10 Å². The minimum Gasteiger partial charge on any atom is -0.384 e. The van der Waals surface area contributed by atoms with Crippen molar-refractivity contribution in [3.63, 3.8) is 0 Å². The maximum atomic E-state index is 13.3. The Balaban J connectivity index is 2.29. The number of halogens is 1.